The standard InChI is InChI=1S/C17H28N2/c1-15(19-13-9-4-3-5-10-14-19)17(18-2)16-11-7-6-8-12-16/h6-8,11-12,15,17-18H,3-5,9-10,13-14H2,1-2H3. The molecule has 0 aliphatic carbocycles. The second-order valence-corrected chi connectivity index (χ2v) is 5.72. The minimum atomic E-state index is 0.431. The van der Waals surface area contributed by atoms with E-state index in [1.165, 1.54) is 50.8 Å². The van der Waals surface area contributed by atoms with Crippen molar-refractivity contribution in [3.8, 4) is 0 Å². The Balaban J connectivity index is 2.04. The monoisotopic (exact) mass is 260 g/mol. The van der Waals surface area contributed by atoms with Crippen molar-refractivity contribution in [1.82, 2.24) is 10.2 Å². The number of hydrogen-bond acceptors (Lipinski definition) is 2. The fourth-order valence-corrected chi connectivity index (χ4v) is 3.24. The van der Waals surface area contributed by atoms with Crippen molar-refractivity contribution < 1.29 is 0 Å². The Morgan fingerprint density at radius 1 is 0.947 bits per heavy atom. The molecule has 1 N–H and O–H groups in total. The molecule has 1 aromatic carbocycles. The molecule has 1 aromatic rings. The molecule has 2 heteroatoms. The van der Waals surface area contributed by atoms with Gasteiger partial charge in [-0.2, -0.15) is 0 Å². The third-order valence-electron chi connectivity index (χ3n) is 4.42. The fraction of sp³-hybridized carbons (Fsp3) is 0.647. The smallest absolute Gasteiger partial charge is 0.0473 e. The molecule has 2 unspecified atom stereocenters. The lowest BCUT2D eigenvalue weighted by atomic mass is 9.97. The van der Waals surface area contributed by atoms with Crippen LogP contribution in [-0.4, -0.2) is 31.1 Å². The van der Waals surface area contributed by atoms with E-state index in [-0.39, 0.29) is 0 Å². The summed E-state index contributed by atoms with van der Waals surface area (Å²) in [5.74, 6) is 0. The lowest BCUT2D eigenvalue weighted by molar-refractivity contribution is 0.158. The molecule has 0 saturated carbocycles. The highest BCUT2D eigenvalue weighted by Crippen LogP contribution is 2.22. The number of hydrogen-bond donors (Lipinski definition) is 1. The van der Waals surface area contributed by atoms with Crippen LogP contribution in [-0.2, 0) is 0 Å². The second kappa shape index (κ2) is 7.66. The van der Waals surface area contributed by atoms with Crippen LogP contribution in [0.5, 0.6) is 0 Å². The van der Waals surface area contributed by atoms with Gasteiger partial charge in [0.1, 0.15) is 0 Å². The first kappa shape index (κ1) is 14.5. The number of rotatable bonds is 4. The molecular formula is C17H28N2. The Labute approximate surface area is 118 Å². The summed E-state index contributed by atoms with van der Waals surface area (Å²) in [7, 11) is 2.08. The molecule has 1 aliphatic heterocycles. The zero-order valence-corrected chi connectivity index (χ0v) is 12.4. The lowest BCUT2D eigenvalue weighted by Crippen LogP contribution is -2.43. The number of likely N-dealkylation sites (tertiary alicyclic amines) is 1. The van der Waals surface area contributed by atoms with Crippen LogP contribution in [0.3, 0.4) is 0 Å². The summed E-state index contributed by atoms with van der Waals surface area (Å²) in [6.45, 7) is 4.88. The van der Waals surface area contributed by atoms with Gasteiger partial charge in [-0.15, -0.1) is 0 Å². The van der Waals surface area contributed by atoms with Gasteiger partial charge >= 0.3 is 0 Å². The second-order valence-electron chi connectivity index (χ2n) is 5.72. The zero-order chi connectivity index (χ0) is 13.5. The van der Waals surface area contributed by atoms with Crippen LogP contribution in [0.15, 0.2) is 30.3 Å². The van der Waals surface area contributed by atoms with Gasteiger partial charge in [-0.05, 0) is 45.5 Å². The maximum atomic E-state index is 3.51. The normalized spacial score (nSPS) is 21.4. The molecule has 0 radical (unpaired) electrons. The largest absolute Gasteiger partial charge is 0.312 e. The van der Waals surface area contributed by atoms with Crippen molar-refractivity contribution in [1.29, 1.82) is 0 Å². The first-order valence-corrected chi connectivity index (χ1v) is 7.79. The van der Waals surface area contributed by atoms with Crippen LogP contribution in [0, 0.1) is 0 Å². The Morgan fingerprint density at radius 3 is 2.11 bits per heavy atom. The third-order valence-corrected chi connectivity index (χ3v) is 4.42. The van der Waals surface area contributed by atoms with Crippen molar-refractivity contribution in [2.24, 2.45) is 0 Å². The third kappa shape index (κ3) is 4.05. The molecule has 0 bridgehead atoms. The first-order chi connectivity index (χ1) is 9.33. The molecule has 1 saturated heterocycles. The van der Waals surface area contributed by atoms with Gasteiger partial charge in [-0.25, -0.2) is 0 Å². The average molecular weight is 260 g/mol. The molecule has 0 aromatic heterocycles. The van der Waals surface area contributed by atoms with E-state index in [1.807, 2.05) is 0 Å². The summed E-state index contributed by atoms with van der Waals surface area (Å²) in [6.07, 6.45) is 6.94. The SMILES string of the molecule is CNC(c1ccccc1)C(C)N1CCCCCCC1. The highest BCUT2D eigenvalue weighted by molar-refractivity contribution is 5.20. The summed E-state index contributed by atoms with van der Waals surface area (Å²) in [4.78, 5) is 2.67. The van der Waals surface area contributed by atoms with E-state index in [0.29, 0.717) is 12.1 Å². The number of likely N-dealkylation sites (N-methyl/N-ethyl adjacent to an activating group) is 1. The maximum Gasteiger partial charge on any atom is 0.0473 e. The summed E-state index contributed by atoms with van der Waals surface area (Å²) in [5.41, 5.74) is 1.40. The van der Waals surface area contributed by atoms with Crippen LogP contribution in [0.4, 0.5) is 0 Å². The van der Waals surface area contributed by atoms with Crippen LogP contribution >= 0.6 is 0 Å². The van der Waals surface area contributed by atoms with Crippen molar-refractivity contribution in [3.63, 3.8) is 0 Å². The Kier molecular flexibility index (Phi) is 5.87. The molecule has 19 heavy (non-hydrogen) atoms. The van der Waals surface area contributed by atoms with Crippen LogP contribution < -0.4 is 5.32 Å². The van der Waals surface area contributed by atoms with Gasteiger partial charge in [-0.1, -0.05) is 49.6 Å². The van der Waals surface area contributed by atoms with E-state index in [4.69, 9.17) is 0 Å². The minimum Gasteiger partial charge on any atom is -0.312 e. The summed E-state index contributed by atoms with van der Waals surface area (Å²) >= 11 is 0. The Bertz CT molecular complexity index is 342. The highest BCUT2D eigenvalue weighted by Gasteiger charge is 2.23. The van der Waals surface area contributed by atoms with Crippen molar-refractivity contribution >= 4 is 0 Å². The van der Waals surface area contributed by atoms with E-state index in [2.05, 4.69) is 54.5 Å². The quantitative estimate of drug-likeness (QED) is 0.890. The molecule has 0 spiro atoms. The van der Waals surface area contributed by atoms with Gasteiger partial charge in [-0.3, -0.25) is 4.90 Å². The molecule has 1 fully saturated rings. The fourth-order valence-electron chi connectivity index (χ4n) is 3.24. The van der Waals surface area contributed by atoms with E-state index in [0.717, 1.165) is 0 Å². The van der Waals surface area contributed by atoms with Gasteiger partial charge in [0.2, 0.25) is 0 Å². The van der Waals surface area contributed by atoms with Crippen molar-refractivity contribution in [3.05, 3.63) is 35.9 Å². The molecule has 2 rings (SSSR count). The van der Waals surface area contributed by atoms with Gasteiger partial charge in [0.15, 0.2) is 0 Å². The topological polar surface area (TPSA) is 15.3 Å². The zero-order valence-electron chi connectivity index (χ0n) is 12.4. The Hall–Kier alpha value is -0.860. The molecule has 2 nitrogen and oxygen atoms in total. The van der Waals surface area contributed by atoms with Crippen LogP contribution in [0.25, 0.3) is 0 Å². The van der Waals surface area contributed by atoms with Gasteiger partial charge < -0.3 is 5.32 Å². The molecule has 106 valence electrons. The van der Waals surface area contributed by atoms with E-state index in [9.17, 15) is 0 Å². The van der Waals surface area contributed by atoms with Crippen LogP contribution in [0.1, 0.15) is 50.6 Å². The predicted molar refractivity (Wildman–Crippen MR) is 82.4 cm³/mol. The van der Waals surface area contributed by atoms with Crippen molar-refractivity contribution in [2.75, 3.05) is 20.1 Å². The molecular weight excluding hydrogens is 232 g/mol. The first-order valence-electron chi connectivity index (χ1n) is 7.79. The highest BCUT2D eigenvalue weighted by atomic mass is 15.2. The molecule has 2 atom stereocenters. The molecule has 1 aliphatic rings. The number of nitrogens with one attached hydrogen (secondary N) is 1. The minimum absolute atomic E-state index is 0.431. The maximum absolute atomic E-state index is 3.51. The Morgan fingerprint density at radius 2 is 1.53 bits per heavy atom. The lowest BCUT2D eigenvalue weighted by Gasteiger charge is -2.36. The van der Waals surface area contributed by atoms with E-state index >= 15 is 0 Å². The number of benzene rings is 1. The predicted octanol–water partition coefficient (Wildman–Crippen LogP) is 3.60. The van der Waals surface area contributed by atoms with E-state index < -0.39 is 0 Å². The summed E-state index contributed by atoms with van der Waals surface area (Å²) in [6, 6.07) is 11.8. The molecule has 0 amide bonds. The molecule has 1 heterocycles. The van der Waals surface area contributed by atoms with Gasteiger partial charge in [0.25, 0.3) is 0 Å². The van der Waals surface area contributed by atoms with Crippen molar-refractivity contribution in [2.45, 2.75) is 51.1 Å². The average Bonchev–Trinajstić information content (AvgIpc) is 2.40. The van der Waals surface area contributed by atoms with Crippen LogP contribution in [0.2, 0.25) is 0 Å². The van der Waals surface area contributed by atoms with E-state index in [1.54, 1.807) is 0 Å². The van der Waals surface area contributed by atoms with Gasteiger partial charge in [0, 0.05) is 12.1 Å². The summed E-state index contributed by atoms with van der Waals surface area (Å²) in [5, 5.41) is 3.51. The van der Waals surface area contributed by atoms with Gasteiger partial charge in [0.05, 0.1) is 0 Å². The summed E-state index contributed by atoms with van der Waals surface area (Å²) < 4.78 is 0. The number of nitrogens with zero attached hydrogens (tertiary/aromatic N) is 1.